The molecule has 5 nitrogen and oxygen atoms in total. The van der Waals surface area contributed by atoms with Gasteiger partial charge in [-0.1, -0.05) is 0 Å². The standard InChI is InChI=1S/C17H19F3N4O/c1-11-10-12(6-8-21-11)16(25)23-13-2-4-14(5-3-13)24-15(7-9-22-24)17(18,19)20/h2-5,7,9,11-12,21H,6,8,10H2,1H3,(H,23,25)/t11-,12-/m0/s1. The van der Waals surface area contributed by atoms with Crippen LogP contribution in [0.15, 0.2) is 36.5 Å². The maximum Gasteiger partial charge on any atom is 0.433 e. The molecule has 3 rings (SSSR count). The van der Waals surface area contributed by atoms with Crippen LogP contribution in [-0.4, -0.2) is 28.3 Å². The molecule has 1 aliphatic rings. The average molecular weight is 352 g/mol. The van der Waals surface area contributed by atoms with Crippen molar-refractivity contribution in [2.24, 2.45) is 5.92 Å². The van der Waals surface area contributed by atoms with Crippen LogP contribution < -0.4 is 10.6 Å². The SMILES string of the molecule is C[C@H]1C[C@@H](C(=O)Nc2ccc(-n3nccc3C(F)(F)F)cc2)CCN1. The Kier molecular flexibility index (Phi) is 4.80. The van der Waals surface area contributed by atoms with Crippen LogP contribution in [0.2, 0.25) is 0 Å². The van der Waals surface area contributed by atoms with Crippen LogP contribution in [0.3, 0.4) is 0 Å². The number of amides is 1. The number of benzene rings is 1. The van der Waals surface area contributed by atoms with Crippen LogP contribution in [0.25, 0.3) is 5.69 Å². The van der Waals surface area contributed by atoms with Crippen molar-refractivity contribution in [1.82, 2.24) is 15.1 Å². The lowest BCUT2D eigenvalue weighted by Crippen LogP contribution is -2.40. The molecule has 2 heterocycles. The normalized spacial score (nSPS) is 21.1. The highest BCUT2D eigenvalue weighted by Gasteiger charge is 2.35. The highest BCUT2D eigenvalue weighted by molar-refractivity contribution is 5.92. The molecule has 1 amide bonds. The third-order valence-corrected chi connectivity index (χ3v) is 4.31. The molecule has 134 valence electrons. The second-order valence-corrected chi connectivity index (χ2v) is 6.24. The number of aromatic nitrogens is 2. The topological polar surface area (TPSA) is 59.0 Å². The second kappa shape index (κ2) is 6.87. The molecule has 0 bridgehead atoms. The fourth-order valence-corrected chi connectivity index (χ4v) is 3.02. The van der Waals surface area contributed by atoms with Crippen LogP contribution in [0.5, 0.6) is 0 Å². The molecule has 1 saturated heterocycles. The van der Waals surface area contributed by atoms with Crippen LogP contribution in [0.4, 0.5) is 18.9 Å². The quantitative estimate of drug-likeness (QED) is 0.892. The number of piperidine rings is 1. The molecule has 0 radical (unpaired) electrons. The Morgan fingerprint density at radius 1 is 1.28 bits per heavy atom. The van der Waals surface area contributed by atoms with E-state index in [9.17, 15) is 18.0 Å². The van der Waals surface area contributed by atoms with Gasteiger partial charge in [-0.3, -0.25) is 4.79 Å². The van der Waals surface area contributed by atoms with Gasteiger partial charge in [-0.05, 0) is 56.6 Å². The van der Waals surface area contributed by atoms with E-state index in [0.717, 1.165) is 36.3 Å². The molecule has 1 aliphatic heterocycles. The van der Waals surface area contributed by atoms with Gasteiger partial charge in [0, 0.05) is 17.6 Å². The zero-order valence-electron chi connectivity index (χ0n) is 13.7. The molecule has 1 aromatic carbocycles. The summed E-state index contributed by atoms with van der Waals surface area (Å²) in [5.74, 6) is -0.116. The number of nitrogens with zero attached hydrogens (tertiary/aromatic N) is 2. The summed E-state index contributed by atoms with van der Waals surface area (Å²) in [5, 5.41) is 9.85. The van der Waals surface area contributed by atoms with E-state index in [1.807, 2.05) is 6.92 Å². The fraction of sp³-hybridized carbons (Fsp3) is 0.412. The van der Waals surface area contributed by atoms with Gasteiger partial charge in [0.25, 0.3) is 0 Å². The van der Waals surface area contributed by atoms with Crippen LogP contribution in [0.1, 0.15) is 25.5 Å². The number of nitrogens with one attached hydrogen (secondary N) is 2. The van der Waals surface area contributed by atoms with Gasteiger partial charge in [0.2, 0.25) is 5.91 Å². The first kappa shape index (κ1) is 17.5. The third kappa shape index (κ3) is 4.01. The summed E-state index contributed by atoms with van der Waals surface area (Å²) in [4.78, 5) is 12.3. The van der Waals surface area contributed by atoms with E-state index >= 15 is 0 Å². The van der Waals surface area contributed by atoms with Gasteiger partial charge in [0.15, 0.2) is 0 Å². The minimum atomic E-state index is -4.48. The van der Waals surface area contributed by atoms with Gasteiger partial charge < -0.3 is 10.6 Å². The second-order valence-electron chi connectivity index (χ2n) is 6.24. The predicted octanol–water partition coefficient (Wildman–Crippen LogP) is 3.22. The van der Waals surface area contributed by atoms with Gasteiger partial charge in [-0.15, -0.1) is 0 Å². The van der Waals surface area contributed by atoms with Crippen molar-refractivity contribution in [3.8, 4) is 5.69 Å². The molecule has 1 aromatic heterocycles. The van der Waals surface area contributed by atoms with Crippen molar-refractivity contribution in [3.05, 3.63) is 42.2 Å². The molecule has 0 spiro atoms. The van der Waals surface area contributed by atoms with Gasteiger partial charge in [-0.25, -0.2) is 4.68 Å². The first-order valence-electron chi connectivity index (χ1n) is 8.10. The zero-order valence-corrected chi connectivity index (χ0v) is 13.7. The van der Waals surface area contributed by atoms with Crippen molar-refractivity contribution < 1.29 is 18.0 Å². The molecule has 0 unspecified atom stereocenters. The number of hydrogen-bond acceptors (Lipinski definition) is 3. The van der Waals surface area contributed by atoms with Gasteiger partial charge >= 0.3 is 6.18 Å². The lowest BCUT2D eigenvalue weighted by molar-refractivity contribution is -0.142. The summed E-state index contributed by atoms with van der Waals surface area (Å²) in [6.07, 6.45) is -1.82. The van der Waals surface area contributed by atoms with E-state index in [1.165, 1.54) is 12.1 Å². The monoisotopic (exact) mass is 352 g/mol. The number of carbonyl (C=O) groups is 1. The molecule has 0 saturated carbocycles. The molecule has 25 heavy (non-hydrogen) atoms. The maximum atomic E-state index is 12.9. The summed E-state index contributed by atoms with van der Waals surface area (Å²) >= 11 is 0. The summed E-state index contributed by atoms with van der Waals surface area (Å²) in [7, 11) is 0. The smallest absolute Gasteiger partial charge is 0.326 e. The Hall–Kier alpha value is -2.35. The summed E-state index contributed by atoms with van der Waals surface area (Å²) < 4.78 is 39.6. The molecule has 2 aromatic rings. The average Bonchev–Trinajstić information content (AvgIpc) is 3.05. The summed E-state index contributed by atoms with van der Waals surface area (Å²) in [6.45, 7) is 2.84. The lowest BCUT2D eigenvalue weighted by atomic mass is 9.92. The molecule has 2 atom stereocenters. The Labute approximate surface area is 143 Å². The van der Waals surface area contributed by atoms with Crippen LogP contribution >= 0.6 is 0 Å². The molecular weight excluding hydrogens is 333 g/mol. The van der Waals surface area contributed by atoms with Gasteiger partial charge in [-0.2, -0.15) is 18.3 Å². The Morgan fingerprint density at radius 2 is 2.00 bits per heavy atom. The highest BCUT2D eigenvalue weighted by Crippen LogP contribution is 2.30. The van der Waals surface area contributed by atoms with Crippen molar-refractivity contribution in [3.63, 3.8) is 0 Å². The van der Waals surface area contributed by atoms with Gasteiger partial charge in [0.05, 0.1) is 11.9 Å². The Bertz CT molecular complexity index is 739. The van der Waals surface area contributed by atoms with E-state index < -0.39 is 11.9 Å². The number of halogens is 3. The van der Waals surface area contributed by atoms with Crippen LogP contribution in [0, 0.1) is 5.92 Å². The maximum absolute atomic E-state index is 12.9. The van der Waals surface area contributed by atoms with Crippen molar-refractivity contribution in [2.45, 2.75) is 32.0 Å². The number of anilines is 1. The molecule has 1 fully saturated rings. The number of rotatable bonds is 3. The lowest BCUT2D eigenvalue weighted by Gasteiger charge is -2.27. The van der Waals surface area contributed by atoms with E-state index in [-0.39, 0.29) is 17.5 Å². The molecule has 8 heteroatoms. The minimum Gasteiger partial charge on any atom is -0.326 e. The highest BCUT2D eigenvalue weighted by atomic mass is 19.4. The molecule has 0 aliphatic carbocycles. The first-order valence-corrected chi connectivity index (χ1v) is 8.10. The Morgan fingerprint density at radius 3 is 2.64 bits per heavy atom. The number of hydrogen-bond donors (Lipinski definition) is 2. The van der Waals surface area contributed by atoms with Crippen LogP contribution in [-0.2, 0) is 11.0 Å². The van der Waals surface area contributed by atoms with Crippen molar-refractivity contribution in [1.29, 1.82) is 0 Å². The van der Waals surface area contributed by atoms with E-state index in [0.29, 0.717) is 11.7 Å². The number of carbonyl (C=O) groups excluding carboxylic acids is 1. The van der Waals surface area contributed by atoms with Gasteiger partial charge in [0.1, 0.15) is 5.69 Å². The van der Waals surface area contributed by atoms with E-state index in [4.69, 9.17) is 0 Å². The Balaban J connectivity index is 1.71. The molecular formula is C17H19F3N4O. The predicted molar refractivity (Wildman–Crippen MR) is 87.4 cm³/mol. The summed E-state index contributed by atoms with van der Waals surface area (Å²) in [6, 6.07) is 7.39. The first-order chi connectivity index (χ1) is 11.8. The largest absolute Gasteiger partial charge is 0.433 e. The molecule has 2 N–H and O–H groups in total. The zero-order chi connectivity index (χ0) is 18.0. The number of alkyl halides is 3. The van der Waals surface area contributed by atoms with Crippen molar-refractivity contribution in [2.75, 3.05) is 11.9 Å². The minimum absolute atomic E-state index is 0.0566. The fourth-order valence-electron chi connectivity index (χ4n) is 3.02. The van der Waals surface area contributed by atoms with Crippen molar-refractivity contribution >= 4 is 11.6 Å². The van der Waals surface area contributed by atoms with E-state index in [1.54, 1.807) is 12.1 Å². The van der Waals surface area contributed by atoms with E-state index in [2.05, 4.69) is 15.7 Å². The summed E-state index contributed by atoms with van der Waals surface area (Å²) in [5.41, 5.74) is -0.000517. The third-order valence-electron chi connectivity index (χ3n) is 4.31.